The van der Waals surface area contributed by atoms with E-state index >= 15 is 0 Å². The summed E-state index contributed by atoms with van der Waals surface area (Å²) in [5.41, 5.74) is 2.80. The summed E-state index contributed by atoms with van der Waals surface area (Å²) in [7, 11) is 2.06. The van der Waals surface area contributed by atoms with Gasteiger partial charge in [0.1, 0.15) is 0 Å². The molecule has 1 aromatic rings. The zero-order chi connectivity index (χ0) is 11.5. The summed E-state index contributed by atoms with van der Waals surface area (Å²) in [6, 6.07) is 10.1. The van der Waals surface area contributed by atoms with Crippen molar-refractivity contribution in [3.63, 3.8) is 0 Å². The third kappa shape index (κ3) is 2.45. The van der Waals surface area contributed by atoms with Crippen LogP contribution in [0.4, 0.5) is 0 Å². The van der Waals surface area contributed by atoms with Gasteiger partial charge < -0.3 is 5.32 Å². The minimum absolute atomic E-state index is 0.540. The van der Waals surface area contributed by atoms with Crippen LogP contribution in [0.1, 0.15) is 30.5 Å². The lowest BCUT2D eigenvalue weighted by Crippen LogP contribution is -2.31. The van der Waals surface area contributed by atoms with E-state index in [2.05, 4.69) is 55.4 Å². The first-order valence-electron chi connectivity index (χ1n) is 6.18. The topological polar surface area (TPSA) is 15.3 Å². The molecule has 2 rings (SSSR count). The van der Waals surface area contributed by atoms with Gasteiger partial charge >= 0.3 is 0 Å². The molecule has 1 N–H and O–H groups in total. The van der Waals surface area contributed by atoms with Crippen molar-refractivity contribution in [2.24, 2.45) is 0 Å². The molecule has 1 aliphatic rings. The number of hydrogen-bond acceptors (Lipinski definition) is 2. The predicted molar refractivity (Wildman–Crippen MR) is 68.6 cm³/mol. The molecule has 2 atom stereocenters. The maximum atomic E-state index is 3.37. The zero-order valence-electron chi connectivity index (χ0n) is 10.5. The van der Waals surface area contributed by atoms with Crippen LogP contribution >= 0.6 is 0 Å². The van der Waals surface area contributed by atoms with E-state index in [1.807, 2.05) is 0 Å². The van der Waals surface area contributed by atoms with Gasteiger partial charge in [0.15, 0.2) is 0 Å². The maximum absolute atomic E-state index is 3.37. The zero-order valence-corrected chi connectivity index (χ0v) is 10.5. The molecule has 1 fully saturated rings. The van der Waals surface area contributed by atoms with Crippen LogP contribution in [0.2, 0.25) is 0 Å². The van der Waals surface area contributed by atoms with E-state index in [9.17, 15) is 0 Å². The molecule has 0 saturated carbocycles. The van der Waals surface area contributed by atoms with Gasteiger partial charge in [-0.1, -0.05) is 29.8 Å². The summed E-state index contributed by atoms with van der Waals surface area (Å²) < 4.78 is 0. The minimum Gasteiger partial charge on any atom is -0.316 e. The van der Waals surface area contributed by atoms with Crippen molar-refractivity contribution in [1.82, 2.24) is 10.2 Å². The Bertz CT molecular complexity index is 348. The van der Waals surface area contributed by atoms with Crippen molar-refractivity contribution >= 4 is 0 Å². The highest BCUT2D eigenvalue weighted by Crippen LogP contribution is 2.24. The van der Waals surface area contributed by atoms with Crippen molar-refractivity contribution in [3.8, 4) is 0 Å². The molecule has 0 bridgehead atoms. The molecule has 1 aromatic carbocycles. The molecule has 88 valence electrons. The predicted octanol–water partition coefficient (Wildman–Crippen LogP) is 2.35. The highest BCUT2D eigenvalue weighted by molar-refractivity contribution is 5.24. The van der Waals surface area contributed by atoms with Gasteiger partial charge in [-0.3, -0.25) is 4.90 Å². The number of nitrogens with zero attached hydrogens (tertiary/aromatic N) is 1. The van der Waals surface area contributed by atoms with E-state index in [0.29, 0.717) is 12.1 Å². The van der Waals surface area contributed by atoms with E-state index in [0.717, 1.165) is 0 Å². The van der Waals surface area contributed by atoms with Gasteiger partial charge in [0.2, 0.25) is 0 Å². The van der Waals surface area contributed by atoms with E-state index in [4.69, 9.17) is 0 Å². The van der Waals surface area contributed by atoms with Crippen molar-refractivity contribution in [2.75, 3.05) is 20.1 Å². The van der Waals surface area contributed by atoms with Crippen molar-refractivity contribution < 1.29 is 0 Å². The number of likely N-dealkylation sites (tertiary alicyclic amines) is 1. The van der Waals surface area contributed by atoms with Crippen LogP contribution in [0.5, 0.6) is 0 Å². The Kier molecular flexibility index (Phi) is 3.62. The molecular formula is C14H22N2. The number of rotatable bonds is 3. The molecule has 0 spiro atoms. The Labute approximate surface area is 98.7 Å². The SMILES string of the molecule is CNC1CCN(C(C)c2cccc(C)c2)C1. The first kappa shape index (κ1) is 11.6. The van der Waals surface area contributed by atoms with E-state index < -0.39 is 0 Å². The lowest BCUT2D eigenvalue weighted by atomic mass is 10.0. The number of nitrogens with one attached hydrogen (secondary N) is 1. The molecule has 1 heterocycles. The van der Waals surface area contributed by atoms with E-state index in [1.165, 1.54) is 30.6 Å². The second kappa shape index (κ2) is 4.98. The van der Waals surface area contributed by atoms with Crippen molar-refractivity contribution in [1.29, 1.82) is 0 Å². The van der Waals surface area contributed by atoms with Crippen LogP contribution < -0.4 is 5.32 Å². The second-order valence-electron chi connectivity index (χ2n) is 4.86. The van der Waals surface area contributed by atoms with Crippen molar-refractivity contribution in [3.05, 3.63) is 35.4 Å². The molecule has 0 aromatic heterocycles. The quantitative estimate of drug-likeness (QED) is 0.838. The summed E-state index contributed by atoms with van der Waals surface area (Å²) in [5, 5.41) is 3.37. The molecule has 16 heavy (non-hydrogen) atoms. The highest BCUT2D eigenvalue weighted by atomic mass is 15.2. The van der Waals surface area contributed by atoms with Gasteiger partial charge in [-0.25, -0.2) is 0 Å². The maximum Gasteiger partial charge on any atom is 0.0320 e. The van der Waals surface area contributed by atoms with E-state index in [-0.39, 0.29) is 0 Å². The Morgan fingerprint density at radius 1 is 1.44 bits per heavy atom. The minimum atomic E-state index is 0.540. The lowest BCUT2D eigenvalue weighted by Gasteiger charge is -2.25. The number of likely N-dealkylation sites (N-methyl/N-ethyl adjacent to an activating group) is 1. The Morgan fingerprint density at radius 3 is 2.88 bits per heavy atom. The normalized spacial score (nSPS) is 23.6. The third-order valence-electron chi connectivity index (χ3n) is 3.70. The second-order valence-corrected chi connectivity index (χ2v) is 4.86. The molecule has 1 aliphatic heterocycles. The fraction of sp³-hybridized carbons (Fsp3) is 0.571. The molecule has 0 radical (unpaired) electrons. The van der Waals surface area contributed by atoms with Crippen LogP contribution in [0, 0.1) is 6.92 Å². The fourth-order valence-corrected chi connectivity index (χ4v) is 2.52. The number of hydrogen-bond donors (Lipinski definition) is 1. The van der Waals surface area contributed by atoms with Crippen LogP contribution in [-0.2, 0) is 0 Å². The van der Waals surface area contributed by atoms with Crippen molar-refractivity contribution in [2.45, 2.75) is 32.4 Å². The average molecular weight is 218 g/mol. The average Bonchev–Trinajstić information content (AvgIpc) is 2.76. The molecule has 2 unspecified atom stereocenters. The smallest absolute Gasteiger partial charge is 0.0320 e. The standard InChI is InChI=1S/C14H22N2/c1-11-5-4-6-13(9-11)12(2)16-8-7-14(10-16)15-3/h4-6,9,12,14-15H,7-8,10H2,1-3H3. The summed E-state index contributed by atoms with van der Waals surface area (Å²) in [4.78, 5) is 2.57. The first-order valence-corrected chi connectivity index (χ1v) is 6.18. The monoisotopic (exact) mass is 218 g/mol. The van der Waals surface area contributed by atoms with Gasteiger partial charge in [-0.15, -0.1) is 0 Å². The molecule has 2 nitrogen and oxygen atoms in total. The van der Waals surface area contributed by atoms with Crippen LogP contribution in [0.15, 0.2) is 24.3 Å². The fourth-order valence-electron chi connectivity index (χ4n) is 2.52. The molecule has 0 aliphatic carbocycles. The number of benzene rings is 1. The Balaban J connectivity index is 2.05. The molecule has 2 heteroatoms. The Morgan fingerprint density at radius 2 is 2.25 bits per heavy atom. The first-order chi connectivity index (χ1) is 7.70. The van der Waals surface area contributed by atoms with Gasteiger partial charge in [0.05, 0.1) is 0 Å². The molecule has 0 amide bonds. The largest absolute Gasteiger partial charge is 0.316 e. The van der Waals surface area contributed by atoms with Crippen LogP contribution in [-0.4, -0.2) is 31.1 Å². The summed E-state index contributed by atoms with van der Waals surface area (Å²) in [6.07, 6.45) is 1.27. The van der Waals surface area contributed by atoms with Gasteiger partial charge in [-0.05, 0) is 32.9 Å². The van der Waals surface area contributed by atoms with Gasteiger partial charge in [0.25, 0.3) is 0 Å². The number of aryl methyl sites for hydroxylation is 1. The van der Waals surface area contributed by atoms with Crippen LogP contribution in [0.25, 0.3) is 0 Å². The third-order valence-corrected chi connectivity index (χ3v) is 3.70. The summed E-state index contributed by atoms with van der Waals surface area (Å²) >= 11 is 0. The summed E-state index contributed by atoms with van der Waals surface area (Å²) in [5.74, 6) is 0. The molecular weight excluding hydrogens is 196 g/mol. The van der Waals surface area contributed by atoms with E-state index in [1.54, 1.807) is 0 Å². The lowest BCUT2D eigenvalue weighted by molar-refractivity contribution is 0.257. The van der Waals surface area contributed by atoms with Gasteiger partial charge in [-0.2, -0.15) is 0 Å². The highest BCUT2D eigenvalue weighted by Gasteiger charge is 2.25. The molecule has 1 saturated heterocycles. The van der Waals surface area contributed by atoms with Gasteiger partial charge in [0, 0.05) is 25.2 Å². The van der Waals surface area contributed by atoms with Crippen LogP contribution in [0.3, 0.4) is 0 Å². The Hall–Kier alpha value is -0.860. The summed E-state index contributed by atoms with van der Waals surface area (Å²) in [6.45, 7) is 6.86.